The first kappa shape index (κ1) is 16.5. The van der Waals surface area contributed by atoms with Gasteiger partial charge in [0.1, 0.15) is 0 Å². The number of rotatable bonds is 5. The van der Waals surface area contributed by atoms with Gasteiger partial charge in [0.15, 0.2) is 0 Å². The highest BCUT2D eigenvalue weighted by molar-refractivity contribution is 5.84. The van der Waals surface area contributed by atoms with E-state index in [2.05, 4.69) is 10.3 Å². The van der Waals surface area contributed by atoms with Crippen LogP contribution in [-0.4, -0.2) is 53.5 Å². The van der Waals surface area contributed by atoms with E-state index in [1.807, 2.05) is 23.1 Å². The number of aromatic nitrogens is 1. The maximum atomic E-state index is 12.6. The number of piperidine rings is 1. The molecule has 6 heteroatoms. The van der Waals surface area contributed by atoms with E-state index in [1.165, 1.54) is 0 Å². The second-order valence-corrected chi connectivity index (χ2v) is 7.32. The number of nitrogens with one attached hydrogen (secondary N) is 1. The van der Waals surface area contributed by atoms with Crippen LogP contribution in [-0.2, 0) is 20.7 Å². The molecule has 3 fully saturated rings. The van der Waals surface area contributed by atoms with Crippen LogP contribution in [0.5, 0.6) is 0 Å². The highest BCUT2D eigenvalue weighted by Crippen LogP contribution is 2.37. The normalized spacial score (nSPS) is 28.5. The van der Waals surface area contributed by atoms with Gasteiger partial charge in [-0.05, 0) is 37.8 Å². The molecule has 2 amide bonds. The summed E-state index contributed by atoms with van der Waals surface area (Å²) in [5.41, 5.74) is 0.969. The third kappa shape index (κ3) is 3.68. The van der Waals surface area contributed by atoms with E-state index < -0.39 is 0 Å². The number of pyridine rings is 1. The zero-order valence-corrected chi connectivity index (χ0v) is 14.4. The Bertz CT molecular complexity index is 632. The molecule has 134 valence electrons. The molecule has 2 saturated heterocycles. The SMILES string of the molecule is O=C(NCCc1ccccn1)[C@H]1C[C@H]2OCC[C@H]2N(C(=O)C2CC2)C1. The Morgan fingerprint density at radius 2 is 2.12 bits per heavy atom. The molecule has 3 atom stereocenters. The minimum Gasteiger partial charge on any atom is -0.376 e. The first-order chi connectivity index (χ1) is 12.2. The fraction of sp³-hybridized carbons (Fsp3) is 0.632. The van der Waals surface area contributed by atoms with Crippen molar-refractivity contribution in [2.45, 2.75) is 44.2 Å². The summed E-state index contributed by atoms with van der Waals surface area (Å²) in [4.78, 5) is 31.4. The molecule has 1 aromatic heterocycles. The van der Waals surface area contributed by atoms with E-state index in [0.717, 1.165) is 25.0 Å². The average Bonchev–Trinajstić information content (AvgIpc) is 3.38. The van der Waals surface area contributed by atoms with E-state index in [0.29, 0.717) is 32.5 Å². The van der Waals surface area contributed by atoms with E-state index >= 15 is 0 Å². The molecule has 0 spiro atoms. The fourth-order valence-electron chi connectivity index (χ4n) is 3.96. The number of nitrogens with zero attached hydrogens (tertiary/aromatic N) is 2. The molecule has 1 aliphatic carbocycles. The van der Waals surface area contributed by atoms with Crippen LogP contribution in [0.25, 0.3) is 0 Å². The first-order valence-corrected chi connectivity index (χ1v) is 9.32. The molecule has 0 aromatic carbocycles. The molecule has 1 N–H and O–H groups in total. The smallest absolute Gasteiger partial charge is 0.226 e. The molecule has 6 nitrogen and oxygen atoms in total. The lowest BCUT2D eigenvalue weighted by molar-refractivity contribution is -0.143. The molecule has 0 bridgehead atoms. The number of hydrogen-bond donors (Lipinski definition) is 1. The van der Waals surface area contributed by atoms with Gasteiger partial charge in [0.2, 0.25) is 11.8 Å². The number of fused-ring (bicyclic) bond motifs is 1. The predicted octanol–water partition coefficient (Wildman–Crippen LogP) is 1.16. The molecule has 1 saturated carbocycles. The summed E-state index contributed by atoms with van der Waals surface area (Å²) in [6, 6.07) is 5.96. The van der Waals surface area contributed by atoms with Crippen molar-refractivity contribution >= 4 is 11.8 Å². The number of amides is 2. The Labute approximate surface area is 147 Å². The molecule has 3 aliphatic rings. The minimum absolute atomic E-state index is 0.0167. The monoisotopic (exact) mass is 343 g/mol. The van der Waals surface area contributed by atoms with Crippen molar-refractivity contribution in [3.63, 3.8) is 0 Å². The maximum Gasteiger partial charge on any atom is 0.226 e. The van der Waals surface area contributed by atoms with Crippen LogP contribution in [0, 0.1) is 11.8 Å². The topological polar surface area (TPSA) is 71.5 Å². The van der Waals surface area contributed by atoms with Crippen LogP contribution in [0.15, 0.2) is 24.4 Å². The molecule has 0 unspecified atom stereocenters. The Morgan fingerprint density at radius 3 is 2.88 bits per heavy atom. The van der Waals surface area contributed by atoms with E-state index in [1.54, 1.807) is 6.20 Å². The van der Waals surface area contributed by atoms with Crippen molar-refractivity contribution < 1.29 is 14.3 Å². The zero-order valence-electron chi connectivity index (χ0n) is 14.4. The van der Waals surface area contributed by atoms with Gasteiger partial charge >= 0.3 is 0 Å². The average molecular weight is 343 g/mol. The molecular weight excluding hydrogens is 318 g/mol. The standard InChI is InChI=1S/C19H25N3O3/c23-18(21-9-6-15-3-1-2-8-20-15)14-11-17-16(7-10-25-17)22(12-14)19(24)13-4-5-13/h1-3,8,13-14,16-17H,4-7,9-12H2,(H,21,23)/t14-,16+,17+/m0/s1. The van der Waals surface area contributed by atoms with Crippen molar-refractivity contribution in [3.05, 3.63) is 30.1 Å². The second-order valence-electron chi connectivity index (χ2n) is 7.32. The van der Waals surface area contributed by atoms with Crippen LogP contribution in [0.2, 0.25) is 0 Å². The molecule has 25 heavy (non-hydrogen) atoms. The van der Waals surface area contributed by atoms with Gasteiger partial charge in [0.05, 0.1) is 18.1 Å². The lowest BCUT2D eigenvalue weighted by atomic mass is 9.89. The maximum absolute atomic E-state index is 12.6. The largest absolute Gasteiger partial charge is 0.376 e. The Morgan fingerprint density at radius 1 is 1.24 bits per heavy atom. The van der Waals surface area contributed by atoms with Crippen molar-refractivity contribution in [2.24, 2.45) is 11.8 Å². The van der Waals surface area contributed by atoms with Crippen LogP contribution in [0.3, 0.4) is 0 Å². The third-order valence-electron chi connectivity index (χ3n) is 5.50. The van der Waals surface area contributed by atoms with Crippen LogP contribution < -0.4 is 5.32 Å². The van der Waals surface area contributed by atoms with Crippen LogP contribution in [0.1, 0.15) is 31.4 Å². The molecule has 0 radical (unpaired) electrons. The summed E-state index contributed by atoms with van der Waals surface area (Å²) < 4.78 is 5.81. The number of ether oxygens (including phenoxy) is 1. The molecule has 3 heterocycles. The van der Waals surface area contributed by atoms with Crippen molar-refractivity contribution in [1.29, 1.82) is 0 Å². The summed E-state index contributed by atoms with van der Waals surface area (Å²) in [6.45, 7) is 1.80. The van der Waals surface area contributed by atoms with E-state index in [-0.39, 0.29) is 35.8 Å². The summed E-state index contributed by atoms with van der Waals surface area (Å²) >= 11 is 0. The number of carbonyl (C=O) groups excluding carboxylic acids is 2. The summed E-state index contributed by atoms with van der Waals surface area (Å²) in [6.07, 6.45) is 6.10. The number of likely N-dealkylation sites (tertiary alicyclic amines) is 1. The number of hydrogen-bond acceptors (Lipinski definition) is 4. The Kier molecular flexibility index (Phi) is 4.70. The van der Waals surface area contributed by atoms with Gasteiger partial charge in [-0.3, -0.25) is 14.6 Å². The third-order valence-corrected chi connectivity index (χ3v) is 5.50. The van der Waals surface area contributed by atoms with Crippen molar-refractivity contribution in [2.75, 3.05) is 19.7 Å². The second kappa shape index (κ2) is 7.12. The Hall–Kier alpha value is -1.95. The van der Waals surface area contributed by atoms with Gasteiger partial charge in [-0.2, -0.15) is 0 Å². The minimum atomic E-state index is -0.175. The van der Waals surface area contributed by atoms with Gasteiger partial charge in [-0.15, -0.1) is 0 Å². The molecule has 1 aromatic rings. The highest BCUT2D eigenvalue weighted by Gasteiger charge is 2.46. The van der Waals surface area contributed by atoms with E-state index in [4.69, 9.17) is 4.74 Å². The van der Waals surface area contributed by atoms with Gasteiger partial charge in [0, 0.05) is 43.9 Å². The van der Waals surface area contributed by atoms with Crippen molar-refractivity contribution in [1.82, 2.24) is 15.2 Å². The lowest BCUT2D eigenvalue weighted by Gasteiger charge is -2.40. The first-order valence-electron chi connectivity index (χ1n) is 9.32. The summed E-state index contributed by atoms with van der Waals surface area (Å²) in [7, 11) is 0. The van der Waals surface area contributed by atoms with Gasteiger partial charge in [-0.25, -0.2) is 0 Å². The predicted molar refractivity (Wildman–Crippen MR) is 91.6 cm³/mol. The van der Waals surface area contributed by atoms with E-state index in [9.17, 15) is 9.59 Å². The van der Waals surface area contributed by atoms with Crippen LogP contribution >= 0.6 is 0 Å². The van der Waals surface area contributed by atoms with Crippen molar-refractivity contribution in [3.8, 4) is 0 Å². The fourth-order valence-corrected chi connectivity index (χ4v) is 3.96. The highest BCUT2D eigenvalue weighted by atomic mass is 16.5. The van der Waals surface area contributed by atoms with Crippen LogP contribution in [0.4, 0.5) is 0 Å². The van der Waals surface area contributed by atoms with Gasteiger partial charge in [-0.1, -0.05) is 6.07 Å². The molecule has 4 rings (SSSR count). The van der Waals surface area contributed by atoms with Gasteiger partial charge < -0.3 is 15.0 Å². The number of carbonyl (C=O) groups is 2. The summed E-state index contributed by atoms with van der Waals surface area (Å²) in [5.74, 6) is 0.267. The molecule has 2 aliphatic heterocycles. The quantitative estimate of drug-likeness (QED) is 0.871. The molecular formula is C19H25N3O3. The Balaban J connectivity index is 1.34. The lowest BCUT2D eigenvalue weighted by Crippen LogP contribution is -2.55. The zero-order chi connectivity index (χ0) is 17.2. The van der Waals surface area contributed by atoms with Gasteiger partial charge in [0.25, 0.3) is 0 Å². The summed E-state index contributed by atoms with van der Waals surface area (Å²) in [5, 5.41) is 3.01.